The Morgan fingerprint density at radius 2 is 1.58 bits per heavy atom. The molecule has 0 amide bonds. The highest BCUT2D eigenvalue weighted by atomic mass is 35.5. The standard InChI is InChI=1S/C25H16Cl6O5/c26-20-21(27)24(29)16-8-14(22(34)35)13(7-15(16)23(20,28)25(24,30)31)19-11-3-1-9(32)5-17(11)36-18-6-10(33)2-4-12(18)19/h1-6,13-16,32H,7-8H2,(H,34,35)/t13-,14+,15-,16-,23+,24+/m1/s1. The summed E-state index contributed by atoms with van der Waals surface area (Å²) in [6.07, 6.45) is 0.326. The maximum absolute atomic E-state index is 12.7. The van der Waals surface area contributed by atoms with Crippen molar-refractivity contribution in [1.82, 2.24) is 0 Å². The third-order valence-corrected chi connectivity index (χ3v) is 12.5. The third-order valence-electron chi connectivity index (χ3n) is 8.16. The fourth-order valence-corrected chi connectivity index (χ4v) is 9.73. The van der Waals surface area contributed by atoms with Crippen LogP contribution in [0.4, 0.5) is 0 Å². The van der Waals surface area contributed by atoms with E-state index in [0.717, 1.165) is 0 Å². The number of aromatic hydroxyl groups is 1. The van der Waals surface area contributed by atoms with Crippen LogP contribution in [0.3, 0.4) is 0 Å². The van der Waals surface area contributed by atoms with Gasteiger partial charge in [-0.1, -0.05) is 46.4 Å². The van der Waals surface area contributed by atoms with Crippen molar-refractivity contribution in [2.75, 3.05) is 0 Å². The summed E-state index contributed by atoms with van der Waals surface area (Å²) in [6, 6.07) is 8.92. The van der Waals surface area contributed by atoms with E-state index in [1.165, 1.54) is 24.3 Å². The molecule has 1 aliphatic heterocycles. The molecule has 2 N–H and O–H groups in total. The van der Waals surface area contributed by atoms with Gasteiger partial charge in [0.05, 0.1) is 16.0 Å². The lowest BCUT2D eigenvalue weighted by molar-refractivity contribution is -0.144. The number of hydrogen-bond donors (Lipinski definition) is 2. The van der Waals surface area contributed by atoms with Crippen LogP contribution in [0.1, 0.15) is 24.3 Å². The average molecular weight is 609 g/mol. The molecule has 0 aromatic heterocycles. The molecule has 2 fully saturated rings. The Hall–Kier alpha value is -1.34. The van der Waals surface area contributed by atoms with Gasteiger partial charge in [0.2, 0.25) is 0 Å². The first kappa shape index (κ1) is 25.0. The van der Waals surface area contributed by atoms with E-state index in [9.17, 15) is 19.8 Å². The van der Waals surface area contributed by atoms with Gasteiger partial charge in [0, 0.05) is 23.1 Å². The zero-order chi connectivity index (χ0) is 25.9. The minimum absolute atomic E-state index is 0.0363. The molecule has 5 aliphatic rings. The van der Waals surface area contributed by atoms with Gasteiger partial charge in [-0.25, -0.2) is 0 Å². The second kappa shape index (κ2) is 7.84. The summed E-state index contributed by atoms with van der Waals surface area (Å²) in [4.78, 5) is 21.7. The number of rotatable bonds is 2. The molecule has 5 nitrogen and oxygen atoms in total. The zero-order valence-corrected chi connectivity index (χ0v) is 22.6. The Morgan fingerprint density at radius 3 is 2.22 bits per heavy atom. The summed E-state index contributed by atoms with van der Waals surface area (Å²) < 4.78 is 4.15. The molecule has 11 heteroatoms. The molecule has 6 atom stereocenters. The maximum Gasteiger partial charge on any atom is 0.307 e. The lowest BCUT2D eigenvalue weighted by atomic mass is 9.62. The van der Waals surface area contributed by atoms with Crippen LogP contribution in [0, 0.1) is 17.8 Å². The Bertz CT molecular complexity index is 1530. The molecular weight excluding hydrogens is 593 g/mol. The van der Waals surface area contributed by atoms with Gasteiger partial charge >= 0.3 is 5.97 Å². The number of aliphatic carboxylic acids is 1. The molecule has 0 saturated heterocycles. The number of alkyl halides is 4. The van der Waals surface area contributed by atoms with E-state index in [-0.39, 0.29) is 39.8 Å². The molecular formula is C25H16Cl6O5. The quantitative estimate of drug-likeness (QED) is 0.236. The average Bonchev–Trinajstić information content (AvgIpc) is 3.02. The number of carboxylic acids is 1. The minimum Gasteiger partial charge on any atom is -0.508 e. The topological polar surface area (TPSA) is 87.7 Å². The fourth-order valence-electron chi connectivity index (χ4n) is 6.62. The first-order chi connectivity index (χ1) is 16.8. The maximum atomic E-state index is 12.7. The Balaban J connectivity index is 1.61. The van der Waals surface area contributed by atoms with Crippen molar-refractivity contribution in [1.29, 1.82) is 0 Å². The van der Waals surface area contributed by atoms with E-state index in [4.69, 9.17) is 74.0 Å². The van der Waals surface area contributed by atoms with Gasteiger partial charge in [0.25, 0.3) is 0 Å². The van der Waals surface area contributed by atoms with Crippen molar-refractivity contribution >= 4 is 86.5 Å². The number of fused-ring (bicyclic) bond motifs is 7. The molecule has 188 valence electrons. The molecule has 0 radical (unpaired) electrons. The number of phenols is 1. The van der Waals surface area contributed by atoms with Crippen molar-refractivity contribution in [3.05, 3.63) is 62.2 Å². The predicted octanol–water partition coefficient (Wildman–Crippen LogP) is 7.26. The highest BCUT2D eigenvalue weighted by Gasteiger charge is 2.83. The molecule has 1 heterocycles. The van der Waals surface area contributed by atoms with Crippen molar-refractivity contribution < 1.29 is 19.4 Å². The SMILES string of the molecule is O=C(O)[C@H]1C[C@@H]2[C@@H](C[C@H]1c1c3ccc(=O)cc-3oc3cc(O)ccc13)[C@]1(Cl)C(Cl)=C(Cl)[C@]2(Cl)C1(Cl)Cl. The molecule has 4 aliphatic carbocycles. The highest BCUT2D eigenvalue weighted by Crippen LogP contribution is 2.79. The number of allylic oxidation sites excluding steroid dienone is 2. The number of phenolic OH excluding ortho intramolecular Hbond substituents is 1. The summed E-state index contributed by atoms with van der Waals surface area (Å²) in [7, 11) is 0. The van der Waals surface area contributed by atoms with Crippen LogP contribution < -0.4 is 5.43 Å². The van der Waals surface area contributed by atoms with Crippen molar-refractivity contribution in [2.24, 2.45) is 17.8 Å². The van der Waals surface area contributed by atoms with Gasteiger partial charge in [-0.2, -0.15) is 0 Å². The summed E-state index contributed by atoms with van der Waals surface area (Å²) >= 11 is 40.8. The number of carbonyl (C=O) groups is 1. The normalized spacial score (nSPS) is 34.9. The first-order valence-corrected chi connectivity index (χ1v) is 13.3. The summed E-state index contributed by atoms with van der Waals surface area (Å²) in [6.45, 7) is 0. The largest absolute Gasteiger partial charge is 0.508 e. The van der Waals surface area contributed by atoms with Gasteiger partial charge < -0.3 is 14.6 Å². The van der Waals surface area contributed by atoms with Crippen molar-refractivity contribution in [3.63, 3.8) is 0 Å². The van der Waals surface area contributed by atoms with Gasteiger partial charge in [-0.3, -0.25) is 9.59 Å². The number of halogens is 6. The van der Waals surface area contributed by atoms with Crippen LogP contribution in [-0.2, 0) is 4.79 Å². The lowest BCUT2D eigenvalue weighted by Crippen LogP contribution is -2.45. The molecule has 1 aromatic carbocycles. The van der Waals surface area contributed by atoms with E-state index < -0.39 is 43.7 Å². The number of benzene rings is 2. The minimum atomic E-state index is -1.77. The highest BCUT2D eigenvalue weighted by molar-refractivity contribution is 6.65. The van der Waals surface area contributed by atoms with Crippen LogP contribution in [-0.4, -0.2) is 30.3 Å². The summed E-state index contributed by atoms with van der Waals surface area (Å²) in [5.74, 6) is -3.37. The van der Waals surface area contributed by atoms with Crippen LogP contribution in [0.5, 0.6) is 5.75 Å². The van der Waals surface area contributed by atoms with Crippen LogP contribution >= 0.6 is 69.6 Å². The van der Waals surface area contributed by atoms with E-state index in [2.05, 4.69) is 0 Å². The van der Waals surface area contributed by atoms with Crippen LogP contribution in [0.15, 0.2) is 55.7 Å². The monoisotopic (exact) mass is 606 g/mol. The Labute approximate surface area is 234 Å². The molecule has 2 bridgehead atoms. The van der Waals surface area contributed by atoms with Crippen molar-refractivity contribution in [3.8, 4) is 17.1 Å². The molecule has 2 saturated carbocycles. The summed E-state index contributed by atoms with van der Waals surface area (Å²) in [5.41, 5.74) is 1.27. The fraction of sp³-hybridized carbons (Fsp3) is 0.360. The second-order valence-corrected chi connectivity index (χ2v) is 13.0. The van der Waals surface area contributed by atoms with Gasteiger partial charge in [0.15, 0.2) is 9.76 Å². The Morgan fingerprint density at radius 1 is 0.944 bits per heavy atom. The summed E-state index contributed by atoms with van der Waals surface area (Å²) in [5, 5.41) is 21.1. The Kier molecular flexibility index (Phi) is 5.44. The second-order valence-electron chi connectivity index (χ2n) is 9.72. The molecule has 0 spiro atoms. The molecule has 36 heavy (non-hydrogen) atoms. The van der Waals surface area contributed by atoms with Gasteiger partial charge in [0.1, 0.15) is 26.8 Å². The predicted molar refractivity (Wildman–Crippen MR) is 141 cm³/mol. The van der Waals surface area contributed by atoms with Crippen molar-refractivity contribution in [2.45, 2.75) is 32.8 Å². The van der Waals surface area contributed by atoms with Crippen LogP contribution in [0.2, 0.25) is 0 Å². The van der Waals surface area contributed by atoms with E-state index in [0.29, 0.717) is 22.1 Å². The first-order valence-electron chi connectivity index (χ1n) is 11.1. The smallest absolute Gasteiger partial charge is 0.307 e. The van der Waals surface area contributed by atoms with Gasteiger partial charge in [-0.15, -0.1) is 23.2 Å². The van der Waals surface area contributed by atoms with E-state index in [1.807, 2.05) is 0 Å². The van der Waals surface area contributed by atoms with E-state index >= 15 is 0 Å². The van der Waals surface area contributed by atoms with Gasteiger partial charge in [-0.05, 0) is 60.4 Å². The van der Waals surface area contributed by atoms with Crippen LogP contribution in [0.25, 0.3) is 22.3 Å². The molecule has 1 aromatic rings. The van der Waals surface area contributed by atoms with E-state index in [1.54, 1.807) is 12.1 Å². The molecule has 0 unspecified atom stereocenters. The lowest BCUT2D eigenvalue weighted by Gasteiger charge is -2.45. The number of hydrogen-bond acceptors (Lipinski definition) is 4. The number of carboxylic acid groups (broad SMARTS) is 1. The zero-order valence-electron chi connectivity index (χ0n) is 18.1. The molecule has 6 rings (SSSR count). The third kappa shape index (κ3) is 2.88.